The Hall–Kier alpha value is -2.73. The summed E-state index contributed by atoms with van der Waals surface area (Å²) < 4.78 is 1.42. The smallest absolute Gasteiger partial charge is 0.335 e. The summed E-state index contributed by atoms with van der Waals surface area (Å²) in [7, 11) is 0. The first-order valence-corrected chi connectivity index (χ1v) is 6.80. The van der Waals surface area contributed by atoms with Gasteiger partial charge in [0.25, 0.3) is 0 Å². The van der Waals surface area contributed by atoms with Crippen LogP contribution in [0.25, 0.3) is 16.8 Å². The maximum absolute atomic E-state index is 11.4. The Kier molecular flexibility index (Phi) is 3.60. The van der Waals surface area contributed by atoms with Gasteiger partial charge in [-0.05, 0) is 64.4 Å². The molecule has 1 heterocycles. The summed E-state index contributed by atoms with van der Waals surface area (Å²) >= 11 is 5.97. The van der Waals surface area contributed by atoms with Gasteiger partial charge in [0.1, 0.15) is 6.33 Å². The van der Waals surface area contributed by atoms with Gasteiger partial charge in [0.05, 0.1) is 11.3 Å². The first kappa shape index (κ1) is 14.2. The number of hydrogen-bond acceptors (Lipinski definition) is 4. The molecule has 0 aliphatic heterocycles. The Morgan fingerprint density at radius 1 is 1.23 bits per heavy atom. The lowest BCUT2D eigenvalue weighted by atomic mass is 9.98. The van der Waals surface area contributed by atoms with Gasteiger partial charge in [-0.25, -0.2) is 9.48 Å². The molecule has 2 aromatic carbocycles. The summed E-state index contributed by atoms with van der Waals surface area (Å²) in [6.45, 7) is 1.92. The van der Waals surface area contributed by atoms with Gasteiger partial charge in [0.15, 0.2) is 0 Å². The molecule has 0 radical (unpaired) electrons. The molecular weight excluding hydrogens is 304 g/mol. The molecule has 0 saturated heterocycles. The van der Waals surface area contributed by atoms with E-state index in [1.54, 1.807) is 12.1 Å². The number of carbonyl (C=O) groups is 1. The van der Waals surface area contributed by atoms with Gasteiger partial charge >= 0.3 is 5.97 Å². The first-order chi connectivity index (χ1) is 10.5. The molecule has 0 aliphatic carbocycles. The Bertz CT molecular complexity index is 847. The predicted molar refractivity (Wildman–Crippen MR) is 81.3 cm³/mol. The normalized spacial score (nSPS) is 10.6. The number of nitrogens with zero attached hydrogens (tertiary/aromatic N) is 4. The number of aromatic carboxylic acids is 1. The van der Waals surface area contributed by atoms with Crippen LogP contribution in [0.2, 0.25) is 5.02 Å². The standard InChI is InChI=1S/C15H11ClN4O2/c1-9-4-12(16)2-3-14(9)10-5-11(15(21)22)7-13(6-10)20-8-17-18-19-20/h2-8H,1H3,(H,21,22). The van der Waals surface area contributed by atoms with Crippen molar-refractivity contribution >= 4 is 17.6 Å². The number of benzene rings is 2. The highest BCUT2D eigenvalue weighted by atomic mass is 35.5. The zero-order chi connectivity index (χ0) is 15.7. The third-order valence-corrected chi connectivity index (χ3v) is 3.51. The Balaban J connectivity index is 2.20. The van der Waals surface area contributed by atoms with Crippen LogP contribution in [-0.4, -0.2) is 31.3 Å². The molecule has 3 aromatic rings. The second-order valence-corrected chi connectivity index (χ2v) is 5.22. The van der Waals surface area contributed by atoms with E-state index in [1.807, 2.05) is 25.1 Å². The molecule has 0 spiro atoms. The molecule has 1 aromatic heterocycles. The summed E-state index contributed by atoms with van der Waals surface area (Å²) in [4.78, 5) is 11.4. The molecule has 0 fully saturated rings. The van der Waals surface area contributed by atoms with E-state index >= 15 is 0 Å². The molecule has 0 saturated carbocycles. The van der Waals surface area contributed by atoms with E-state index in [0.717, 1.165) is 16.7 Å². The fourth-order valence-corrected chi connectivity index (χ4v) is 2.48. The highest BCUT2D eigenvalue weighted by molar-refractivity contribution is 6.30. The number of carboxylic acids is 1. The van der Waals surface area contributed by atoms with Crippen LogP contribution < -0.4 is 0 Å². The van der Waals surface area contributed by atoms with E-state index in [1.165, 1.54) is 17.1 Å². The van der Waals surface area contributed by atoms with E-state index < -0.39 is 5.97 Å². The SMILES string of the molecule is Cc1cc(Cl)ccc1-c1cc(C(=O)O)cc(-n2cnnn2)c1. The molecule has 0 amide bonds. The van der Waals surface area contributed by atoms with Crippen LogP contribution in [0.4, 0.5) is 0 Å². The minimum absolute atomic E-state index is 0.164. The zero-order valence-electron chi connectivity index (χ0n) is 11.6. The molecule has 6 nitrogen and oxygen atoms in total. The van der Waals surface area contributed by atoms with Crippen molar-refractivity contribution in [1.82, 2.24) is 20.2 Å². The third-order valence-electron chi connectivity index (χ3n) is 3.28. The first-order valence-electron chi connectivity index (χ1n) is 6.43. The van der Waals surface area contributed by atoms with Crippen LogP contribution >= 0.6 is 11.6 Å². The molecule has 0 aliphatic rings. The Morgan fingerprint density at radius 2 is 2.05 bits per heavy atom. The molecule has 0 bridgehead atoms. The van der Waals surface area contributed by atoms with E-state index in [0.29, 0.717) is 10.7 Å². The van der Waals surface area contributed by atoms with Gasteiger partial charge in [-0.15, -0.1) is 5.10 Å². The van der Waals surface area contributed by atoms with Crippen molar-refractivity contribution in [2.24, 2.45) is 0 Å². The second-order valence-electron chi connectivity index (χ2n) is 4.79. The molecule has 22 heavy (non-hydrogen) atoms. The Labute approximate surface area is 131 Å². The Morgan fingerprint density at radius 3 is 2.68 bits per heavy atom. The van der Waals surface area contributed by atoms with Crippen molar-refractivity contribution in [3.63, 3.8) is 0 Å². The van der Waals surface area contributed by atoms with Crippen LogP contribution in [0.15, 0.2) is 42.7 Å². The van der Waals surface area contributed by atoms with Gasteiger partial charge in [-0.3, -0.25) is 0 Å². The maximum Gasteiger partial charge on any atom is 0.335 e. The number of carboxylic acid groups (broad SMARTS) is 1. The minimum atomic E-state index is -1.01. The van der Waals surface area contributed by atoms with E-state index in [2.05, 4.69) is 15.5 Å². The van der Waals surface area contributed by atoms with Crippen molar-refractivity contribution in [1.29, 1.82) is 0 Å². The molecule has 0 unspecified atom stereocenters. The number of halogens is 1. The minimum Gasteiger partial charge on any atom is -0.478 e. The summed E-state index contributed by atoms with van der Waals surface area (Å²) in [5.41, 5.74) is 3.37. The summed E-state index contributed by atoms with van der Waals surface area (Å²) in [6.07, 6.45) is 1.42. The highest BCUT2D eigenvalue weighted by Crippen LogP contribution is 2.28. The number of hydrogen-bond donors (Lipinski definition) is 1. The quantitative estimate of drug-likeness (QED) is 0.803. The second kappa shape index (κ2) is 5.57. The molecule has 3 rings (SSSR count). The fourth-order valence-electron chi connectivity index (χ4n) is 2.25. The van der Waals surface area contributed by atoms with Crippen LogP contribution in [0, 0.1) is 6.92 Å². The van der Waals surface area contributed by atoms with E-state index in [9.17, 15) is 9.90 Å². The van der Waals surface area contributed by atoms with Crippen molar-refractivity contribution in [2.45, 2.75) is 6.92 Å². The number of aromatic nitrogens is 4. The molecule has 0 atom stereocenters. The van der Waals surface area contributed by atoms with Gasteiger partial charge in [0, 0.05) is 5.02 Å². The van der Waals surface area contributed by atoms with Crippen LogP contribution in [0.1, 0.15) is 15.9 Å². The van der Waals surface area contributed by atoms with Gasteiger partial charge in [-0.2, -0.15) is 0 Å². The summed E-state index contributed by atoms with van der Waals surface area (Å²) in [5.74, 6) is -1.01. The number of aryl methyl sites for hydroxylation is 1. The predicted octanol–water partition coefficient (Wildman–Crippen LogP) is 2.99. The molecule has 110 valence electrons. The molecular formula is C15H11ClN4O2. The average Bonchev–Trinajstić information content (AvgIpc) is 3.01. The number of tetrazole rings is 1. The van der Waals surface area contributed by atoms with Crippen LogP contribution in [0.5, 0.6) is 0 Å². The lowest BCUT2D eigenvalue weighted by Gasteiger charge is -2.10. The lowest BCUT2D eigenvalue weighted by molar-refractivity contribution is 0.0697. The number of rotatable bonds is 3. The van der Waals surface area contributed by atoms with Crippen molar-refractivity contribution in [3.8, 4) is 16.8 Å². The zero-order valence-corrected chi connectivity index (χ0v) is 12.3. The van der Waals surface area contributed by atoms with Gasteiger partial charge < -0.3 is 5.11 Å². The highest BCUT2D eigenvalue weighted by Gasteiger charge is 2.12. The van der Waals surface area contributed by atoms with Gasteiger partial charge in [-0.1, -0.05) is 17.7 Å². The van der Waals surface area contributed by atoms with Crippen molar-refractivity contribution in [3.05, 3.63) is 58.9 Å². The largest absolute Gasteiger partial charge is 0.478 e. The third kappa shape index (κ3) is 2.68. The summed E-state index contributed by atoms with van der Waals surface area (Å²) in [5, 5.41) is 20.9. The van der Waals surface area contributed by atoms with E-state index in [-0.39, 0.29) is 5.56 Å². The summed E-state index contributed by atoms with van der Waals surface area (Å²) in [6, 6.07) is 10.4. The van der Waals surface area contributed by atoms with E-state index in [4.69, 9.17) is 11.6 Å². The average molecular weight is 315 g/mol. The molecule has 7 heteroatoms. The fraction of sp³-hybridized carbons (Fsp3) is 0.0667. The van der Waals surface area contributed by atoms with Crippen molar-refractivity contribution < 1.29 is 9.90 Å². The monoisotopic (exact) mass is 314 g/mol. The topological polar surface area (TPSA) is 80.9 Å². The molecule has 1 N–H and O–H groups in total. The van der Waals surface area contributed by atoms with Gasteiger partial charge in [0.2, 0.25) is 0 Å². The van der Waals surface area contributed by atoms with Crippen LogP contribution in [0.3, 0.4) is 0 Å². The lowest BCUT2D eigenvalue weighted by Crippen LogP contribution is -2.02. The maximum atomic E-state index is 11.4. The van der Waals surface area contributed by atoms with Crippen LogP contribution in [-0.2, 0) is 0 Å². The van der Waals surface area contributed by atoms with Crippen molar-refractivity contribution in [2.75, 3.05) is 0 Å².